The van der Waals surface area contributed by atoms with Crippen LogP contribution in [0.3, 0.4) is 0 Å². The number of nitrogens with one attached hydrogen (secondary N) is 1. The molecule has 0 unspecified atom stereocenters. The molecule has 1 N–H and O–H groups in total. The van der Waals surface area contributed by atoms with Gasteiger partial charge in [-0.3, -0.25) is 10.1 Å². The molecule has 8 heteroatoms. The van der Waals surface area contributed by atoms with Crippen molar-refractivity contribution in [1.29, 1.82) is 0 Å². The molecule has 0 atom stereocenters. The SMILES string of the molecule is CN(/N=C\c1ccc([N+](=O)[O-])o1)C(=S)NCc1ccccc1. The summed E-state index contributed by atoms with van der Waals surface area (Å²) < 4.78 is 4.97. The van der Waals surface area contributed by atoms with E-state index in [9.17, 15) is 10.1 Å². The van der Waals surface area contributed by atoms with Crippen molar-refractivity contribution in [2.24, 2.45) is 5.10 Å². The standard InChI is InChI=1S/C14H14N4O3S/c1-17(14(22)15-9-11-5-3-2-4-6-11)16-10-12-7-8-13(21-12)18(19)20/h2-8,10H,9H2,1H3,(H,15,22)/b16-10-. The topological polar surface area (TPSA) is 83.9 Å². The van der Waals surface area contributed by atoms with E-state index >= 15 is 0 Å². The minimum absolute atomic E-state index is 0.282. The van der Waals surface area contributed by atoms with Gasteiger partial charge in [0.25, 0.3) is 0 Å². The van der Waals surface area contributed by atoms with Crippen LogP contribution in [0.15, 0.2) is 52.0 Å². The molecule has 0 bridgehead atoms. The Morgan fingerprint density at radius 1 is 1.41 bits per heavy atom. The smallest absolute Gasteiger partial charge is 0.400 e. The molecule has 0 spiro atoms. The highest BCUT2D eigenvalue weighted by Crippen LogP contribution is 2.13. The highest BCUT2D eigenvalue weighted by molar-refractivity contribution is 7.80. The monoisotopic (exact) mass is 318 g/mol. The third-order valence-corrected chi connectivity index (χ3v) is 3.14. The number of hydrogen-bond donors (Lipinski definition) is 1. The Balaban J connectivity index is 1.87. The van der Waals surface area contributed by atoms with E-state index < -0.39 is 4.92 Å². The zero-order chi connectivity index (χ0) is 15.9. The fraction of sp³-hybridized carbons (Fsp3) is 0.143. The van der Waals surface area contributed by atoms with Crippen LogP contribution < -0.4 is 5.32 Å². The number of nitro groups is 1. The quantitative estimate of drug-likeness (QED) is 0.395. The predicted molar refractivity (Wildman–Crippen MR) is 86.6 cm³/mol. The molecule has 1 aromatic carbocycles. The van der Waals surface area contributed by atoms with Crippen LogP contribution in [0.4, 0.5) is 5.88 Å². The van der Waals surface area contributed by atoms with E-state index in [-0.39, 0.29) is 11.6 Å². The zero-order valence-corrected chi connectivity index (χ0v) is 12.6. The second-order valence-electron chi connectivity index (χ2n) is 4.35. The summed E-state index contributed by atoms with van der Waals surface area (Å²) in [4.78, 5) is 9.90. The van der Waals surface area contributed by atoms with Crippen molar-refractivity contribution >= 4 is 29.4 Å². The summed E-state index contributed by atoms with van der Waals surface area (Å²) in [5.74, 6) is -0.0432. The molecule has 0 saturated carbocycles. The molecule has 0 aliphatic carbocycles. The van der Waals surface area contributed by atoms with E-state index in [4.69, 9.17) is 16.6 Å². The van der Waals surface area contributed by atoms with Gasteiger partial charge in [-0.05, 0) is 23.8 Å². The van der Waals surface area contributed by atoms with E-state index in [0.29, 0.717) is 11.7 Å². The maximum absolute atomic E-state index is 10.5. The average molecular weight is 318 g/mol. The fourth-order valence-corrected chi connectivity index (χ4v) is 1.71. The highest BCUT2D eigenvalue weighted by Gasteiger charge is 2.10. The van der Waals surface area contributed by atoms with Crippen molar-refractivity contribution < 1.29 is 9.34 Å². The number of hydrazone groups is 1. The van der Waals surface area contributed by atoms with Gasteiger partial charge >= 0.3 is 5.88 Å². The van der Waals surface area contributed by atoms with Crippen LogP contribution in [-0.2, 0) is 6.54 Å². The Hall–Kier alpha value is -2.74. The first-order valence-electron chi connectivity index (χ1n) is 6.40. The van der Waals surface area contributed by atoms with E-state index in [1.807, 2.05) is 30.3 Å². The summed E-state index contributed by atoms with van der Waals surface area (Å²) in [6.07, 6.45) is 1.36. The van der Waals surface area contributed by atoms with Crippen LogP contribution >= 0.6 is 12.2 Å². The van der Waals surface area contributed by atoms with Gasteiger partial charge in [0.15, 0.2) is 10.9 Å². The van der Waals surface area contributed by atoms with E-state index in [2.05, 4.69) is 10.4 Å². The lowest BCUT2D eigenvalue weighted by Gasteiger charge is -2.15. The Morgan fingerprint density at radius 2 is 2.14 bits per heavy atom. The van der Waals surface area contributed by atoms with Gasteiger partial charge < -0.3 is 9.73 Å². The number of rotatable bonds is 5. The molecule has 1 heterocycles. The van der Waals surface area contributed by atoms with Gasteiger partial charge in [-0.15, -0.1) is 0 Å². The van der Waals surface area contributed by atoms with Crippen molar-refractivity contribution in [3.63, 3.8) is 0 Å². The van der Waals surface area contributed by atoms with Crippen molar-refractivity contribution in [1.82, 2.24) is 10.3 Å². The van der Waals surface area contributed by atoms with Crippen molar-refractivity contribution in [2.75, 3.05) is 7.05 Å². The van der Waals surface area contributed by atoms with Gasteiger partial charge in [0.2, 0.25) is 0 Å². The average Bonchev–Trinajstić information content (AvgIpc) is 3.00. The van der Waals surface area contributed by atoms with Crippen LogP contribution in [-0.4, -0.2) is 28.3 Å². The van der Waals surface area contributed by atoms with Crippen LogP contribution in [0.1, 0.15) is 11.3 Å². The van der Waals surface area contributed by atoms with Gasteiger partial charge in [-0.25, -0.2) is 5.01 Å². The molecule has 2 rings (SSSR count). The second kappa shape index (κ2) is 7.32. The number of nitrogens with zero attached hydrogens (tertiary/aromatic N) is 3. The van der Waals surface area contributed by atoms with Crippen LogP contribution in [0.5, 0.6) is 0 Å². The predicted octanol–water partition coefficient (Wildman–Crippen LogP) is 2.53. The lowest BCUT2D eigenvalue weighted by Crippen LogP contribution is -2.33. The fourth-order valence-electron chi connectivity index (χ4n) is 1.59. The lowest BCUT2D eigenvalue weighted by molar-refractivity contribution is -0.402. The molecule has 0 saturated heterocycles. The lowest BCUT2D eigenvalue weighted by atomic mass is 10.2. The van der Waals surface area contributed by atoms with Gasteiger partial charge in [-0.2, -0.15) is 5.10 Å². The first-order valence-corrected chi connectivity index (χ1v) is 6.81. The molecule has 1 aromatic heterocycles. The Labute approximate surface area is 132 Å². The molecule has 0 aliphatic heterocycles. The Morgan fingerprint density at radius 3 is 2.77 bits per heavy atom. The van der Waals surface area contributed by atoms with Gasteiger partial charge in [0.1, 0.15) is 4.92 Å². The number of benzene rings is 1. The van der Waals surface area contributed by atoms with Crippen molar-refractivity contribution in [3.8, 4) is 0 Å². The first kappa shape index (κ1) is 15.6. The molecular weight excluding hydrogens is 304 g/mol. The molecule has 114 valence electrons. The van der Waals surface area contributed by atoms with Gasteiger partial charge in [0.05, 0.1) is 12.3 Å². The Bertz CT molecular complexity index is 684. The van der Waals surface area contributed by atoms with Gasteiger partial charge in [-0.1, -0.05) is 30.3 Å². The maximum atomic E-state index is 10.5. The third-order valence-electron chi connectivity index (χ3n) is 2.73. The molecule has 0 fully saturated rings. The van der Waals surface area contributed by atoms with Crippen LogP contribution in [0, 0.1) is 10.1 Å². The molecule has 2 aromatic rings. The highest BCUT2D eigenvalue weighted by atomic mass is 32.1. The van der Waals surface area contributed by atoms with Crippen LogP contribution in [0.25, 0.3) is 0 Å². The maximum Gasteiger partial charge on any atom is 0.433 e. The molecule has 0 amide bonds. The summed E-state index contributed by atoms with van der Waals surface area (Å²) in [7, 11) is 1.67. The first-order chi connectivity index (χ1) is 10.6. The summed E-state index contributed by atoms with van der Waals surface area (Å²) in [5, 5.41) is 19.5. The zero-order valence-electron chi connectivity index (χ0n) is 11.8. The number of thiocarbonyl (C=S) groups is 1. The van der Waals surface area contributed by atoms with E-state index in [0.717, 1.165) is 5.56 Å². The molecule has 0 radical (unpaired) electrons. The number of hydrogen-bond acceptors (Lipinski definition) is 5. The third kappa shape index (κ3) is 4.38. The minimum Gasteiger partial charge on any atom is -0.400 e. The summed E-state index contributed by atoms with van der Waals surface area (Å²) in [6.45, 7) is 0.589. The summed E-state index contributed by atoms with van der Waals surface area (Å²) in [6, 6.07) is 12.6. The minimum atomic E-state index is -0.604. The van der Waals surface area contributed by atoms with E-state index in [1.165, 1.54) is 23.4 Å². The second-order valence-corrected chi connectivity index (χ2v) is 4.73. The van der Waals surface area contributed by atoms with E-state index in [1.54, 1.807) is 7.05 Å². The number of furan rings is 1. The largest absolute Gasteiger partial charge is 0.433 e. The van der Waals surface area contributed by atoms with Crippen molar-refractivity contribution in [3.05, 3.63) is 63.9 Å². The summed E-state index contributed by atoms with van der Waals surface area (Å²) in [5.41, 5.74) is 1.10. The van der Waals surface area contributed by atoms with Crippen LogP contribution in [0.2, 0.25) is 0 Å². The van der Waals surface area contributed by atoms with Gasteiger partial charge in [0, 0.05) is 13.6 Å². The summed E-state index contributed by atoms with van der Waals surface area (Å²) >= 11 is 5.20. The normalized spacial score (nSPS) is 10.6. The van der Waals surface area contributed by atoms with Crippen molar-refractivity contribution in [2.45, 2.75) is 6.54 Å². The Kier molecular flexibility index (Phi) is 5.21. The molecule has 7 nitrogen and oxygen atoms in total. The molecular formula is C14H14N4O3S. The molecule has 22 heavy (non-hydrogen) atoms. The molecule has 0 aliphatic rings.